The molecule has 104 valence electrons. The van der Waals surface area contributed by atoms with Crippen LogP contribution in [0.25, 0.3) is 0 Å². The average molecular weight is 302 g/mol. The van der Waals surface area contributed by atoms with Gasteiger partial charge in [0.2, 0.25) is 0 Å². The van der Waals surface area contributed by atoms with E-state index in [2.05, 4.69) is 5.32 Å². The molecular weight excluding hydrogens is 285 g/mol. The Hall–Kier alpha value is -0.930. The number of halogens is 2. The fourth-order valence-corrected chi connectivity index (χ4v) is 2.85. The third-order valence-electron chi connectivity index (χ3n) is 3.46. The molecule has 2 rings (SSSR count). The molecule has 1 fully saturated rings. The molecule has 2 atom stereocenters. The van der Waals surface area contributed by atoms with Crippen LogP contribution in [0.5, 0.6) is 5.75 Å². The highest BCUT2D eigenvalue weighted by Gasteiger charge is 2.23. The molecule has 1 amide bonds. The van der Waals surface area contributed by atoms with Gasteiger partial charge in [0.1, 0.15) is 5.75 Å². The fourth-order valence-electron chi connectivity index (χ4n) is 2.32. The Kier molecular flexibility index (Phi) is 4.94. The predicted octanol–water partition coefficient (Wildman–Crippen LogP) is 3.72. The Balaban J connectivity index is 2.05. The van der Waals surface area contributed by atoms with Crippen LogP contribution in [0.3, 0.4) is 0 Å². The van der Waals surface area contributed by atoms with Gasteiger partial charge in [-0.25, -0.2) is 0 Å². The third kappa shape index (κ3) is 3.77. The molecule has 1 aromatic carbocycles. The number of rotatable bonds is 2. The van der Waals surface area contributed by atoms with Crippen molar-refractivity contribution in [3.8, 4) is 5.75 Å². The number of amides is 1. The number of alkyl halides is 1. The summed E-state index contributed by atoms with van der Waals surface area (Å²) in [6, 6.07) is 4.44. The first-order valence-electron chi connectivity index (χ1n) is 6.51. The standard InChI is InChI=1S/C14H17Cl2NO2/c15-10-4-2-1-3-5-12(10)17-14(19)9-6-7-13(18)11(16)8-9/h6-8,10,12,18H,1-5H2,(H,17,19). The van der Waals surface area contributed by atoms with Gasteiger partial charge in [-0.1, -0.05) is 30.9 Å². The van der Waals surface area contributed by atoms with Crippen molar-refractivity contribution in [1.29, 1.82) is 0 Å². The maximum absolute atomic E-state index is 12.1. The first-order valence-corrected chi connectivity index (χ1v) is 7.33. The molecule has 0 aromatic heterocycles. The van der Waals surface area contributed by atoms with Crippen molar-refractivity contribution < 1.29 is 9.90 Å². The highest BCUT2D eigenvalue weighted by molar-refractivity contribution is 6.32. The predicted molar refractivity (Wildman–Crippen MR) is 77.1 cm³/mol. The minimum atomic E-state index is -0.195. The maximum Gasteiger partial charge on any atom is 0.251 e. The number of benzene rings is 1. The van der Waals surface area contributed by atoms with Gasteiger partial charge in [0.15, 0.2) is 0 Å². The summed E-state index contributed by atoms with van der Waals surface area (Å²) in [5.41, 5.74) is 0.441. The van der Waals surface area contributed by atoms with Crippen molar-refractivity contribution in [2.45, 2.75) is 43.5 Å². The van der Waals surface area contributed by atoms with Crippen molar-refractivity contribution in [3.05, 3.63) is 28.8 Å². The topological polar surface area (TPSA) is 49.3 Å². The van der Waals surface area contributed by atoms with Crippen LogP contribution in [0.4, 0.5) is 0 Å². The Morgan fingerprint density at radius 1 is 1.26 bits per heavy atom. The molecule has 0 aliphatic heterocycles. The molecule has 0 heterocycles. The molecule has 2 N–H and O–H groups in total. The van der Waals surface area contributed by atoms with Crippen molar-refractivity contribution in [2.24, 2.45) is 0 Å². The van der Waals surface area contributed by atoms with Gasteiger partial charge in [-0.2, -0.15) is 0 Å². The molecule has 5 heteroatoms. The lowest BCUT2D eigenvalue weighted by Gasteiger charge is -2.21. The van der Waals surface area contributed by atoms with Gasteiger partial charge < -0.3 is 10.4 Å². The van der Waals surface area contributed by atoms with Crippen molar-refractivity contribution in [1.82, 2.24) is 5.32 Å². The molecule has 2 unspecified atom stereocenters. The lowest BCUT2D eigenvalue weighted by Crippen LogP contribution is -2.40. The molecule has 0 radical (unpaired) electrons. The van der Waals surface area contributed by atoms with Gasteiger partial charge in [0.05, 0.1) is 10.4 Å². The molecule has 1 aromatic rings. The SMILES string of the molecule is O=C(NC1CCCCCC1Cl)c1ccc(O)c(Cl)c1. The monoisotopic (exact) mass is 301 g/mol. The number of phenolic OH excluding ortho intramolecular Hbond substituents is 1. The summed E-state index contributed by atoms with van der Waals surface area (Å²) in [6.45, 7) is 0. The Morgan fingerprint density at radius 2 is 2.00 bits per heavy atom. The lowest BCUT2D eigenvalue weighted by molar-refractivity contribution is 0.0934. The quantitative estimate of drug-likeness (QED) is 0.646. The fraction of sp³-hybridized carbons (Fsp3) is 0.500. The van der Waals surface area contributed by atoms with Crippen LogP contribution < -0.4 is 5.32 Å². The summed E-state index contributed by atoms with van der Waals surface area (Å²) in [5, 5.41) is 12.5. The van der Waals surface area contributed by atoms with Gasteiger partial charge >= 0.3 is 0 Å². The molecule has 1 aliphatic carbocycles. The summed E-state index contributed by atoms with van der Waals surface area (Å²) in [5.74, 6) is -0.220. The molecule has 0 bridgehead atoms. The number of phenols is 1. The molecule has 1 aliphatic rings. The molecule has 19 heavy (non-hydrogen) atoms. The second-order valence-corrected chi connectivity index (χ2v) is 5.87. The molecule has 1 saturated carbocycles. The van der Waals surface area contributed by atoms with Gasteiger partial charge in [0.25, 0.3) is 5.91 Å². The average Bonchev–Trinajstić information content (AvgIpc) is 2.58. The second-order valence-electron chi connectivity index (χ2n) is 4.90. The zero-order valence-corrected chi connectivity index (χ0v) is 12.0. The van der Waals surface area contributed by atoms with E-state index in [0.717, 1.165) is 25.7 Å². The van der Waals surface area contributed by atoms with E-state index in [1.807, 2.05) is 0 Å². The summed E-state index contributed by atoms with van der Waals surface area (Å²) in [6.07, 6.45) is 5.21. The normalized spacial score (nSPS) is 23.7. The van der Waals surface area contributed by atoms with Crippen LogP contribution in [-0.4, -0.2) is 22.4 Å². The molecule has 0 spiro atoms. The van der Waals surface area contributed by atoms with Crippen LogP contribution in [0.2, 0.25) is 5.02 Å². The maximum atomic E-state index is 12.1. The lowest BCUT2D eigenvalue weighted by atomic mass is 10.1. The van der Waals surface area contributed by atoms with E-state index in [1.54, 1.807) is 6.07 Å². The number of carbonyl (C=O) groups is 1. The number of hydrogen-bond donors (Lipinski definition) is 2. The first kappa shape index (κ1) is 14.5. The third-order valence-corrected chi connectivity index (χ3v) is 4.28. The minimum absolute atomic E-state index is 0.00393. The van der Waals surface area contributed by atoms with E-state index in [-0.39, 0.29) is 28.1 Å². The van der Waals surface area contributed by atoms with Crippen LogP contribution in [0, 0.1) is 0 Å². The number of nitrogens with one attached hydrogen (secondary N) is 1. The summed E-state index contributed by atoms with van der Waals surface area (Å²) < 4.78 is 0. The van der Waals surface area contributed by atoms with E-state index >= 15 is 0 Å². The van der Waals surface area contributed by atoms with E-state index < -0.39 is 0 Å². The van der Waals surface area contributed by atoms with Crippen LogP contribution >= 0.6 is 23.2 Å². The highest BCUT2D eigenvalue weighted by atomic mass is 35.5. The van der Waals surface area contributed by atoms with E-state index in [1.165, 1.54) is 18.6 Å². The molecular formula is C14H17Cl2NO2. The van der Waals surface area contributed by atoms with Gasteiger partial charge in [-0.05, 0) is 31.0 Å². The zero-order chi connectivity index (χ0) is 13.8. The minimum Gasteiger partial charge on any atom is -0.506 e. The summed E-state index contributed by atoms with van der Waals surface area (Å²) >= 11 is 12.1. The van der Waals surface area contributed by atoms with Crippen LogP contribution in [0.1, 0.15) is 42.5 Å². The van der Waals surface area contributed by atoms with E-state index in [0.29, 0.717) is 5.56 Å². The zero-order valence-electron chi connectivity index (χ0n) is 10.5. The van der Waals surface area contributed by atoms with Crippen LogP contribution in [-0.2, 0) is 0 Å². The Morgan fingerprint density at radius 3 is 2.74 bits per heavy atom. The van der Waals surface area contributed by atoms with Crippen LogP contribution in [0.15, 0.2) is 18.2 Å². The van der Waals surface area contributed by atoms with E-state index in [4.69, 9.17) is 23.2 Å². The van der Waals surface area contributed by atoms with Gasteiger partial charge in [-0.3, -0.25) is 4.79 Å². The van der Waals surface area contributed by atoms with Gasteiger partial charge in [-0.15, -0.1) is 11.6 Å². The summed E-state index contributed by atoms with van der Waals surface area (Å²) in [7, 11) is 0. The summed E-state index contributed by atoms with van der Waals surface area (Å²) in [4.78, 5) is 12.1. The molecule has 0 saturated heterocycles. The largest absolute Gasteiger partial charge is 0.506 e. The Bertz CT molecular complexity index is 465. The van der Waals surface area contributed by atoms with Gasteiger partial charge in [0, 0.05) is 11.6 Å². The van der Waals surface area contributed by atoms with E-state index in [9.17, 15) is 9.90 Å². The highest BCUT2D eigenvalue weighted by Crippen LogP contribution is 2.25. The van der Waals surface area contributed by atoms with Crippen molar-refractivity contribution in [2.75, 3.05) is 0 Å². The smallest absolute Gasteiger partial charge is 0.251 e. The number of carbonyl (C=O) groups excluding carboxylic acids is 1. The Labute approximate surface area is 122 Å². The second kappa shape index (κ2) is 6.49. The van der Waals surface area contributed by atoms with Crippen molar-refractivity contribution >= 4 is 29.1 Å². The molecule has 3 nitrogen and oxygen atoms in total. The first-order chi connectivity index (χ1) is 9.08. The van der Waals surface area contributed by atoms with Crippen molar-refractivity contribution in [3.63, 3.8) is 0 Å². The number of hydrogen-bond acceptors (Lipinski definition) is 2. The number of aromatic hydroxyl groups is 1.